The normalized spacial score (nSPS) is 19.8. The van der Waals surface area contributed by atoms with Gasteiger partial charge in [0, 0.05) is 37.6 Å². The molecular weight excluding hydrogens is 416 g/mol. The van der Waals surface area contributed by atoms with Crippen LogP contribution < -0.4 is 4.74 Å². The zero-order valence-corrected chi connectivity index (χ0v) is 18.7. The number of carbonyl (C=O) groups excluding carboxylic acids is 2. The van der Waals surface area contributed by atoms with E-state index < -0.39 is 12.1 Å². The van der Waals surface area contributed by atoms with Crippen LogP contribution in [0.3, 0.4) is 0 Å². The third kappa shape index (κ3) is 3.71. The molecule has 0 aromatic heterocycles. The molecule has 168 valence electrons. The van der Waals surface area contributed by atoms with Gasteiger partial charge in [-0.15, -0.1) is 0 Å². The van der Waals surface area contributed by atoms with E-state index in [1.165, 1.54) is 0 Å². The molecule has 0 aliphatic carbocycles. The van der Waals surface area contributed by atoms with E-state index in [1.54, 1.807) is 30.0 Å². The number of ether oxygens (including phenoxy) is 1. The monoisotopic (exact) mass is 442 g/mol. The summed E-state index contributed by atoms with van der Waals surface area (Å²) < 4.78 is 5.56. The van der Waals surface area contributed by atoms with Crippen LogP contribution >= 0.6 is 0 Å². The van der Waals surface area contributed by atoms with E-state index in [0.29, 0.717) is 30.7 Å². The van der Waals surface area contributed by atoms with Gasteiger partial charge in [0.1, 0.15) is 23.6 Å². The van der Waals surface area contributed by atoms with Crippen LogP contribution in [0.4, 0.5) is 0 Å². The van der Waals surface area contributed by atoms with Crippen LogP contribution in [0, 0.1) is 0 Å². The molecular formula is C27H26N2O4. The van der Waals surface area contributed by atoms with Crippen LogP contribution in [0.1, 0.15) is 16.7 Å². The number of amides is 2. The molecule has 3 aromatic carbocycles. The lowest BCUT2D eigenvalue weighted by Crippen LogP contribution is -2.64. The largest absolute Gasteiger partial charge is 0.507 e. The number of aromatic hydroxyl groups is 1. The lowest BCUT2D eigenvalue weighted by Gasteiger charge is -2.44. The van der Waals surface area contributed by atoms with Crippen LogP contribution in [0.5, 0.6) is 11.5 Å². The number of likely N-dealkylation sites (N-methyl/N-ethyl adjacent to an activating group) is 1. The lowest BCUT2D eigenvalue weighted by molar-refractivity contribution is -0.160. The molecule has 2 atom stereocenters. The molecule has 6 heteroatoms. The standard InChI is InChI=1S/C27H26N2O4/c1-28-22-14-19-9-11-25(33-2)21(13-19)20-12-18(8-10-24(20)30)15-23(26(28)31)29(27(22)32)16-17-6-4-3-5-7-17/h3-13,22-23,30H,14-16H2,1-2H3/t22-,23-/m0/s1. The van der Waals surface area contributed by atoms with Gasteiger partial charge in [0.2, 0.25) is 11.8 Å². The first-order chi connectivity index (χ1) is 16.0. The minimum Gasteiger partial charge on any atom is -0.507 e. The van der Waals surface area contributed by atoms with Crippen molar-refractivity contribution in [3.05, 3.63) is 83.4 Å². The summed E-state index contributed by atoms with van der Waals surface area (Å²) in [6.45, 7) is 0.374. The van der Waals surface area contributed by atoms with E-state index in [1.807, 2.05) is 60.7 Å². The number of hydrogen-bond acceptors (Lipinski definition) is 4. The molecule has 1 saturated heterocycles. The van der Waals surface area contributed by atoms with Crippen molar-refractivity contribution in [1.82, 2.24) is 9.80 Å². The Bertz CT molecular complexity index is 1220. The van der Waals surface area contributed by atoms with E-state index in [4.69, 9.17) is 4.74 Å². The zero-order valence-electron chi connectivity index (χ0n) is 18.7. The first-order valence-corrected chi connectivity index (χ1v) is 11.1. The van der Waals surface area contributed by atoms with Crippen molar-refractivity contribution < 1.29 is 19.4 Å². The number of carbonyl (C=O) groups is 2. The maximum absolute atomic E-state index is 13.7. The van der Waals surface area contributed by atoms with E-state index in [0.717, 1.165) is 22.3 Å². The van der Waals surface area contributed by atoms with Gasteiger partial charge in [0.25, 0.3) is 0 Å². The molecule has 1 N–H and O–H groups in total. The SMILES string of the molecule is COc1ccc2cc1-c1cc(ccc1O)C[C@H]1C(=O)N(C)[C@@H](C2)C(=O)N1Cc1ccccc1. The van der Waals surface area contributed by atoms with Gasteiger partial charge >= 0.3 is 0 Å². The third-order valence-corrected chi connectivity index (χ3v) is 6.71. The number of nitrogens with zero attached hydrogens (tertiary/aromatic N) is 2. The summed E-state index contributed by atoms with van der Waals surface area (Å²) in [6, 6.07) is 19.6. The van der Waals surface area contributed by atoms with Crippen molar-refractivity contribution in [3.63, 3.8) is 0 Å². The minimum atomic E-state index is -0.615. The number of phenols is 1. The fourth-order valence-corrected chi connectivity index (χ4v) is 4.89. The van der Waals surface area contributed by atoms with Gasteiger partial charge in [-0.1, -0.05) is 42.5 Å². The average Bonchev–Trinajstić information content (AvgIpc) is 2.83. The second-order valence-corrected chi connectivity index (χ2v) is 8.73. The molecule has 3 aliphatic rings. The van der Waals surface area contributed by atoms with Crippen molar-refractivity contribution in [3.8, 4) is 22.6 Å². The molecule has 0 saturated carbocycles. The number of methoxy groups -OCH3 is 1. The van der Waals surface area contributed by atoms with Gasteiger partial charge in [-0.05, 0) is 41.0 Å². The molecule has 2 amide bonds. The highest BCUT2D eigenvalue weighted by atomic mass is 16.5. The number of piperazine rings is 1. The predicted octanol–water partition coefficient (Wildman–Crippen LogP) is 3.40. The molecule has 3 aliphatic heterocycles. The Morgan fingerprint density at radius 1 is 0.879 bits per heavy atom. The molecule has 6 rings (SSSR count). The summed E-state index contributed by atoms with van der Waals surface area (Å²) >= 11 is 0. The van der Waals surface area contributed by atoms with Gasteiger partial charge in [-0.25, -0.2) is 0 Å². The second kappa shape index (κ2) is 8.28. The smallest absolute Gasteiger partial charge is 0.246 e. The number of rotatable bonds is 3. The molecule has 0 unspecified atom stereocenters. The number of hydrogen-bond donors (Lipinski definition) is 1. The lowest BCUT2D eigenvalue weighted by atomic mass is 9.90. The fourth-order valence-electron chi connectivity index (χ4n) is 4.89. The molecule has 0 spiro atoms. The molecule has 3 aromatic rings. The maximum atomic E-state index is 13.7. The van der Waals surface area contributed by atoms with Crippen LogP contribution in [-0.2, 0) is 29.0 Å². The quantitative estimate of drug-likeness (QED) is 0.675. The Morgan fingerprint density at radius 2 is 1.55 bits per heavy atom. The van der Waals surface area contributed by atoms with Crippen molar-refractivity contribution >= 4 is 11.8 Å². The van der Waals surface area contributed by atoms with Gasteiger partial charge < -0.3 is 19.6 Å². The summed E-state index contributed by atoms with van der Waals surface area (Å²) in [6.07, 6.45) is 0.750. The Kier molecular flexibility index (Phi) is 5.29. The summed E-state index contributed by atoms with van der Waals surface area (Å²) in [5.74, 6) is 0.675. The Morgan fingerprint density at radius 3 is 2.27 bits per heavy atom. The summed E-state index contributed by atoms with van der Waals surface area (Å²) in [5.41, 5.74) is 4.18. The Hall–Kier alpha value is -3.80. The fraction of sp³-hybridized carbons (Fsp3) is 0.259. The number of benzene rings is 3. The summed E-state index contributed by atoms with van der Waals surface area (Å²) in [7, 11) is 3.32. The van der Waals surface area contributed by atoms with Crippen molar-refractivity contribution in [2.24, 2.45) is 0 Å². The molecule has 33 heavy (non-hydrogen) atoms. The minimum absolute atomic E-state index is 0.0529. The first-order valence-electron chi connectivity index (χ1n) is 11.1. The molecule has 1 fully saturated rings. The van der Waals surface area contributed by atoms with Crippen molar-refractivity contribution in [2.75, 3.05) is 14.2 Å². The molecule has 0 radical (unpaired) electrons. The van der Waals surface area contributed by atoms with Crippen LogP contribution in [-0.4, -0.2) is 53.0 Å². The zero-order chi connectivity index (χ0) is 23.1. The van der Waals surface area contributed by atoms with Crippen molar-refractivity contribution in [2.45, 2.75) is 31.5 Å². The van der Waals surface area contributed by atoms with Crippen LogP contribution in [0.15, 0.2) is 66.7 Å². The van der Waals surface area contributed by atoms with Crippen LogP contribution in [0.2, 0.25) is 0 Å². The molecule has 3 heterocycles. The Balaban J connectivity index is 1.67. The molecule has 6 nitrogen and oxygen atoms in total. The number of phenolic OH excluding ortho intramolecular Hbond substituents is 1. The number of fused-ring (bicyclic) bond motifs is 2. The topological polar surface area (TPSA) is 70.1 Å². The summed E-state index contributed by atoms with van der Waals surface area (Å²) in [5, 5.41) is 10.6. The van der Waals surface area contributed by atoms with Gasteiger partial charge in [-0.2, -0.15) is 0 Å². The average molecular weight is 443 g/mol. The van der Waals surface area contributed by atoms with Gasteiger partial charge in [0.05, 0.1) is 7.11 Å². The second-order valence-electron chi connectivity index (χ2n) is 8.73. The van der Waals surface area contributed by atoms with Crippen molar-refractivity contribution in [1.29, 1.82) is 0 Å². The summed E-state index contributed by atoms with van der Waals surface area (Å²) in [4.78, 5) is 30.6. The van der Waals surface area contributed by atoms with Crippen LogP contribution in [0.25, 0.3) is 11.1 Å². The van der Waals surface area contributed by atoms with Gasteiger partial charge in [0.15, 0.2) is 0 Å². The van der Waals surface area contributed by atoms with Gasteiger partial charge in [-0.3, -0.25) is 9.59 Å². The Labute approximate surface area is 193 Å². The van der Waals surface area contributed by atoms with E-state index in [-0.39, 0.29) is 17.6 Å². The predicted molar refractivity (Wildman–Crippen MR) is 125 cm³/mol. The highest BCUT2D eigenvalue weighted by Crippen LogP contribution is 2.39. The van der Waals surface area contributed by atoms with E-state index in [9.17, 15) is 14.7 Å². The third-order valence-electron chi connectivity index (χ3n) is 6.71. The highest BCUT2D eigenvalue weighted by Gasteiger charge is 2.44. The van der Waals surface area contributed by atoms with E-state index >= 15 is 0 Å². The highest BCUT2D eigenvalue weighted by molar-refractivity contribution is 5.97. The van der Waals surface area contributed by atoms with E-state index in [2.05, 4.69) is 0 Å². The molecule has 6 bridgehead atoms. The maximum Gasteiger partial charge on any atom is 0.246 e. The first kappa shape index (κ1) is 21.1.